The Morgan fingerprint density at radius 2 is 1.74 bits per heavy atom. The highest BCUT2D eigenvalue weighted by molar-refractivity contribution is 7.89. The van der Waals surface area contributed by atoms with E-state index in [0.29, 0.717) is 12.1 Å². The summed E-state index contributed by atoms with van der Waals surface area (Å²) in [6.45, 7) is 4.51. The molecule has 0 saturated heterocycles. The van der Waals surface area contributed by atoms with E-state index in [4.69, 9.17) is 5.14 Å². The van der Waals surface area contributed by atoms with Gasteiger partial charge < -0.3 is 4.57 Å². The van der Waals surface area contributed by atoms with Crippen LogP contribution in [0.4, 0.5) is 0 Å². The van der Waals surface area contributed by atoms with E-state index in [1.54, 1.807) is 12.1 Å². The highest BCUT2D eigenvalue weighted by Gasteiger charge is 2.20. The lowest BCUT2D eigenvalue weighted by molar-refractivity contribution is 0.0934. The first-order valence-electron chi connectivity index (χ1n) is 9.69. The van der Waals surface area contributed by atoms with E-state index in [0.717, 1.165) is 22.6 Å². The molecule has 31 heavy (non-hydrogen) atoms. The zero-order valence-corrected chi connectivity index (χ0v) is 18.3. The largest absolute Gasteiger partial charge is 0.318 e. The van der Waals surface area contributed by atoms with Crippen molar-refractivity contribution in [3.05, 3.63) is 83.2 Å². The number of rotatable bonds is 8. The fraction of sp³-hybridized carbons (Fsp3) is 0.217. The minimum atomic E-state index is -3.77. The number of benzene rings is 2. The van der Waals surface area contributed by atoms with Gasteiger partial charge in [-0.1, -0.05) is 30.3 Å². The third-order valence-corrected chi connectivity index (χ3v) is 5.99. The molecular formula is C23H24N4O3S. The molecule has 0 spiro atoms. The molecule has 0 radical (unpaired) electrons. The van der Waals surface area contributed by atoms with Gasteiger partial charge in [0.2, 0.25) is 10.0 Å². The number of Topliss-reactive ketones (excluding diaryl/α,β-unsaturated/α-hetero) is 1. The van der Waals surface area contributed by atoms with Crippen molar-refractivity contribution in [3.8, 4) is 11.8 Å². The number of ketones is 1. The molecule has 1 aromatic heterocycles. The maximum atomic E-state index is 13.1. The average molecular weight is 437 g/mol. The van der Waals surface area contributed by atoms with Crippen molar-refractivity contribution in [3.63, 3.8) is 0 Å². The van der Waals surface area contributed by atoms with E-state index >= 15 is 0 Å². The molecule has 0 aliphatic heterocycles. The summed E-state index contributed by atoms with van der Waals surface area (Å²) < 4.78 is 24.9. The molecular weight excluding hydrogens is 412 g/mol. The summed E-state index contributed by atoms with van der Waals surface area (Å²) in [4.78, 5) is 14.9. The van der Waals surface area contributed by atoms with Crippen molar-refractivity contribution in [1.29, 1.82) is 5.26 Å². The van der Waals surface area contributed by atoms with E-state index in [1.165, 1.54) is 12.1 Å². The topological polar surface area (TPSA) is 109 Å². The number of sulfonamides is 1. The molecule has 2 aromatic carbocycles. The summed E-state index contributed by atoms with van der Waals surface area (Å²) in [7, 11) is -3.77. The summed E-state index contributed by atoms with van der Waals surface area (Å²) in [6.07, 6.45) is 0. The smallest absolute Gasteiger partial charge is 0.238 e. The minimum Gasteiger partial charge on any atom is -0.318 e. The van der Waals surface area contributed by atoms with Crippen LogP contribution in [0.1, 0.15) is 27.3 Å². The fourth-order valence-corrected chi connectivity index (χ4v) is 4.14. The molecule has 3 rings (SSSR count). The molecule has 8 heteroatoms. The molecule has 0 unspecified atom stereocenters. The number of aromatic nitrogens is 1. The summed E-state index contributed by atoms with van der Waals surface area (Å²) in [6, 6.07) is 19.9. The van der Waals surface area contributed by atoms with Gasteiger partial charge in [0.1, 0.15) is 0 Å². The number of nitrogens with zero attached hydrogens (tertiary/aromatic N) is 3. The van der Waals surface area contributed by atoms with Crippen LogP contribution < -0.4 is 5.14 Å². The van der Waals surface area contributed by atoms with Gasteiger partial charge in [-0.25, -0.2) is 13.6 Å². The molecule has 2 N–H and O–H groups in total. The van der Waals surface area contributed by atoms with E-state index in [1.807, 2.05) is 59.7 Å². The van der Waals surface area contributed by atoms with Gasteiger partial charge in [0.25, 0.3) is 0 Å². The first-order chi connectivity index (χ1) is 14.7. The number of primary sulfonamides is 1. The first kappa shape index (κ1) is 22.4. The van der Waals surface area contributed by atoms with Crippen LogP contribution in [0.3, 0.4) is 0 Å². The van der Waals surface area contributed by atoms with Crippen LogP contribution in [0, 0.1) is 25.2 Å². The SMILES string of the molecule is Cc1cc(C(=O)CN(CC#N)Cc2ccccc2)c(C)n1-c1ccc(S(N)(=O)=O)cc1. The maximum Gasteiger partial charge on any atom is 0.238 e. The molecule has 0 atom stereocenters. The predicted molar refractivity (Wildman–Crippen MR) is 118 cm³/mol. The second-order valence-electron chi connectivity index (χ2n) is 7.37. The lowest BCUT2D eigenvalue weighted by atomic mass is 10.1. The second kappa shape index (κ2) is 9.27. The van der Waals surface area contributed by atoms with Gasteiger partial charge in [0.05, 0.1) is 24.1 Å². The Bertz CT molecular complexity index is 1220. The van der Waals surface area contributed by atoms with Crippen molar-refractivity contribution in [2.45, 2.75) is 25.3 Å². The molecule has 0 fully saturated rings. The van der Waals surface area contributed by atoms with Crippen LogP contribution in [0.5, 0.6) is 0 Å². The Hall–Kier alpha value is -3.25. The van der Waals surface area contributed by atoms with Gasteiger partial charge in [0, 0.05) is 29.2 Å². The van der Waals surface area contributed by atoms with E-state index in [9.17, 15) is 18.5 Å². The Morgan fingerprint density at radius 1 is 1.10 bits per heavy atom. The molecule has 0 aliphatic rings. The first-order valence-corrected chi connectivity index (χ1v) is 11.2. The van der Waals surface area contributed by atoms with Gasteiger partial charge in [0.15, 0.2) is 5.78 Å². The Kier molecular flexibility index (Phi) is 6.71. The molecule has 0 aliphatic carbocycles. The molecule has 7 nitrogen and oxygen atoms in total. The van der Waals surface area contributed by atoms with Crippen LogP contribution in [0.2, 0.25) is 0 Å². The molecule has 0 bridgehead atoms. The van der Waals surface area contributed by atoms with E-state index in [2.05, 4.69) is 6.07 Å². The minimum absolute atomic E-state index is 0.0306. The molecule has 0 saturated carbocycles. The second-order valence-corrected chi connectivity index (χ2v) is 8.93. The third kappa shape index (κ3) is 5.27. The van der Waals surface area contributed by atoms with Gasteiger partial charge >= 0.3 is 0 Å². The van der Waals surface area contributed by atoms with Gasteiger partial charge in [-0.05, 0) is 49.7 Å². The molecule has 1 heterocycles. The van der Waals surface area contributed by atoms with Crippen LogP contribution in [-0.2, 0) is 16.6 Å². The van der Waals surface area contributed by atoms with Gasteiger partial charge in [-0.2, -0.15) is 5.26 Å². The highest BCUT2D eigenvalue weighted by atomic mass is 32.2. The summed E-state index contributed by atoms with van der Waals surface area (Å²) in [5, 5.41) is 14.3. The average Bonchev–Trinajstić information content (AvgIpc) is 3.02. The van der Waals surface area contributed by atoms with E-state index in [-0.39, 0.29) is 23.8 Å². The van der Waals surface area contributed by atoms with Gasteiger partial charge in [-0.15, -0.1) is 0 Å². The standard InChI is InChI=1S/C23H24N4O3S/c1-17-14-22(18(2)27(17)20-8-10-21(11-9-20)31(25,29)30)23(28)16-26(13-12-24)15-19-6-4-3-5-7-19/h3-11,14H,13,15-16H2,1-2H3,(H2,25,29,30). The van der Waals surface area contributed by atoms with Crippen molar-refractivity contribution in [1.82, 2.24) is 9.47 Å². The van der Waals surface area contributed by atoms with Crippen LogP contribution in [0.15, 0.2) is 65.6 Å². The van der Waals surface area contributed by atoms with Crippen LogP contribution in [0.25, 0.3) is 5.69 Å². The lowest BCUT2D eigenvalue weighted by Crippen LogP contribution is -2.30. The number of hydrogen-bond donors (Lipinski definition) is 1. The number of carbonyl (C=O) groups is 1. The van der Waals surface area contributed by atoms with Crippen LogP contribution >= 0.6 is 0 Å². The quantitative estimate of drug-likeness (QED) is 0.431. The normalized spacial score (nSPS) is 11.5. The van der Waals surface area contributed by atoms with Crippen molar-refractivity contribution in [2.75, 3.05) is 13.1 Å². The summed E-state index contributed by atoms with van der Waals surface area (Å²) >= 11 is 0. The maximum absolute atomic E-state index is 13.1. The number of hydrogen-bond acceptors (Lipinski definition) is 5. The molecule has 160 valence electrons. The Balaban J connectivity index is 1.84. The predicted octanol–water partition coefficient (Wildman–Crippen LogP) is 2.95. The zero-order valence-electron chi connectivity index (χ0n) is 17.4. The lowest BCUT2D eigenvalue weighted by Gasteiger charge is -2.18. The van der Waals surface area contributed by atoms with Crippen molar-refractivity contribution >= 4 is 15.8 Å². The number of nitrogens with two attached hydrogens (primary N) is 1. The summed E-state index contributed by atoms with van der Waals surface area (Å²) in [5.74, 6) is -0.0771. The number of nitriles is 1. The fourth-order valence-electron chi connectivity index (χ4n) is 3.62. The number of aryl methyl sites for hydroxylation is 1. The Morgan fingerprint density at radius 3 is 2.32 bits per heavy atom. The molecule has 0 amide bonds. The van der Waals surface area contributed by atoms with Crippen molar-refractivity contribution < 1.29 is 13.2 Å². The van der Waals surface area contributed by atoms with Gasteiger partial charge in [-0.3, -0.25) is 9.69 Å². The monoisotopic (exact) mass is 436 g/mol. The van der Waals surface area contributed by atoms with Crippen molar-refractivity contribution in [2.24, 2.45) is 5.14 Å². The highest BCUT2D eigenvalue weighted by Crippen LogP contribution is 2.23. The molecule has 3 aromatic rings. The van der Waals surface area contributed by atoms with Crippen LogP contribution in [-0.4, -0.2) is 36.8 Å². The summed E-state index contributed by atoms with van der Waals surface area (Å²) in [5.41, 5.74) is 3.94. The zero-order chi connectivity index (χ0) is 22.6. The Labute approximate surface area is 182 Å². The number of carbonyl (C=O) groups excluding carboxylic acids is 1. The third-order valence-electron chi connectivity index (χ3n) is 5.07. The van der Waals surface area contributed by atoms with E-state index < -0.39 is 10.0 Å².